The second-order valence-electron chi connectivity index (χ2n) is 4.94. The zero-order valence-electron chi connectivity index (χ0n) is 12.3. The van der Waals surface area contributed by atoms with Gasteiger partial charge in [-0.25, -0.2) is 4.98 Å². The highest BCUT2D eigenvalue weighted by Gasteiger charge is 2.35. The van der Waals surface area contributed by atoms with Gasteiger partial charge >= 0.3 is 0 Å². The van der Waals surface area contributed by atoms with Crippen LogP contribution in [0.1, 0.15) is 13.8 Å². The van der Waals surface area contributed by atoms with Crippen molar-refractivity contribution in [1.82, 2.24) is 10.3 Å². The van der Waals surface area contributed by atoms with Gasteiger partial charge in [-0.05, 0) is 26.1 Å². The molecule has 0 bridgehead atoms. The van der Waals surface area contributed by atoms with Crippen molar-refractivity contribution >= 4 is 29.1 Å². The van der Waals surface area contributed by atoms with Crippen molar-refractivity contribution in [2.45, 2.75) is 19.9 Å². The van der Waals surface area contributed by atoms with Crippen LogP contribution in [0.4, 0.5) is 11.5 Å². The Morgan fingerprint density at radius 1 is 1.43 bits per heavy atom. The molecule has 0 aliphatic carbocycles. The molecule has 1 aromatic heterocycles. The van der Waals surface area contributed by atoms with Crippen LogP contribution in [0.2, 0.25) is 0 Å². The van der Waals surface area contributed by atoms with Gasteiger partial charge in [0.15, 0.2) is 5.82 Å². The molecular weight excluding hydrogens is 272 g/mol. The van der Waals surface area contributed by atoms with E-state index in [9.17, 15) is 14.4 Å². The summed E-state index contributed by atoms with van der Waals surface area (Å²) in [6, 6.07) is 2.79. The van der Waals surface area contributed by atoms with Gasteiger partial charge in [-0.2, -0.15) is 0 Å². The first kappa shape index (κ1) is 15.1. The fourth-order valence-electron chi connectivity index (χ4n) is 2.34. The number of likely N-dealkylation sites (N-methyl/N-ethyl adjacent to an activating group) is 1. The van der Waals surface area contributed by atoms with Crippen LogP contribution in [0, 0.1) is 0 Å². The van der Waals surface area contributed by atoms with Crippen molar-refractivity contribution in [2.24, 2.45) is 0 Å². The first-order valence-corrected chi connectivity index (χ1v) is 6.67. The minimum atomic E-state index is -0.581. The maximum absolute atomic E-state index is 12.6. The van der Waals surface area contributed by atoms with Gasteiger partial charge in [0.2, 0.25) is 11.8 Å². The molecule has 2 heterocycles. The van der Waals surface area contributed by atoms with Crippen LogP contribution in [0.15, 0.2) is 18.3 Å². The number of fused-ring (bicyclic) bond motifs is 1. The maximum Gasteiger partial charge on any atom is 0.246 e. The van der Waals surface area contributed by atoms with Crippen molar-refractivity contribution in [3.63, 3.8) is 0 Å². The molecule has 2 rings (SSSR count). The van der Waals surface area contributed by atoms with Crippen LogP contribution in [0.3, 0.4) is 0 Å². The smallest absolute Gasteiger partial charge is 0.246 e. The van der Waals surface area contributed by atoms with Gasteiger partial charge in [0, 0.05) is 13.1 Å². The van der Waals surface area contributed by atoms with E-state index in [1.807, 2.05) is 0 Å². The van der Waals surface area contributed by atoms with E-state index < -0.39 is 6.04 Å². The van der Waals surface area contributed by atoms with Gasteiger partial charge < -0.3 is 10.2 Å². The highest BCUT2D eigenvalue weighted by molar-refractivity contribution is 6.08. The zero-order chi connectivity index (χ0) is 15.6. The van der Waals surface area contributed by atoms with Gasteiger partial charge in [0.05, 0.1) is 18.8 Å². The Kier molecular flexibility index (Phi) is 4.32. The largest absolute Gasteiger partial charge is 0.307 e. The molecule has 1 aliphatic rings. The summed E-state index contributed by atoms with van der Waals surface area (Å²) in [5, 5.41) is 2.89. The monoisotopic (exact) mass is 290 g/mol. The lowest BCUT2D eigenvalue weighted by molar-refractivity contribution is -0.123. The van der Waals surface area contributed by atoms with Crippen molar-refractivity contribution in [2.75, 3.05) is 29.9 Å². The number of aromatic nitrogens is 1. The number of anilines is 2. The Morgan fingerprint density at radius 3 is 2.71 bits per heavy atom. The summed E-state index contributed by atoms with van der Waals surface area (Å²) < 4.78 is 0. The number of ketones is 1. The Bertz CT molecular complexity index is 587. The van der Waals surface area contributed by atoms with Crippen molar-refractivity contribution < 1.29 is 14.4 Å². The summed E-state index contributed by atoms with van der Waals surface area (Å²) in [4.78, 5) is 43.0. The lowest BCUT2D eigenvalue weighted by atomic mass is 10.2. The summed E-state index contributed by atoms with van der Waals surface area (Å²) in [5.74, 6) is -0.181. The molecule has 7 heteroatoms. The van der Waals surface area contributed by atoms with E-state index in [2.05, 4.69) is 10.3 Å². The second kappa shape index (κ2) is 6.01. The quantitative estimate of drug-likeness (QED) is 0.844. The van der Waals surface area contributed by atoms with E-state index in [4.69, 9.17) is 0 Å². The number of pyridine rings is 1. The van der Waals surface area contributed by atoms with Gasteiger partial charge in [-0.1, -0.05) is 0 Å². The number of rotatable bonds is 3. The van der Waals surface area contributed by atoms with E-state index in [0.717, 1.165) is 0 Å². The van der Waals surface area contributed by atoms with Crippen molar-refractivity contribution in [3.8, 4) is 0 Å². The van der Waals surface area contributed by atoms with Crippen LogP contribution in [0.25, 0.3) is 0 Å². The van der Waals surface area contributed by atoms with Gasteiger partial charge in [-0.15, -0.1) is 0 Å². The Hall–Kier alpha value is -2.28. The third kappa shape index (κ3) is 2.92. The normalized spacial score (nSPS) is 18.2. The average molecular weight is 290 g/mol. The summed E-state index contributed by atoms with van der Waals surface area (Å²) in [6.07, 6.45) is 1.56. The fourth-order valence-corrected chi connectivity index (χ4v) is 2.34. The first-order valence-electron chi connectivity index (χ1n) is 6.67. The number of nitrogens with one attached hydrogen (secondary N) is 1. The van der Waals surface area contributed by atoms with E-state index in [1.165, 1.54) is 23.6 Å². The third-order valence-electron chi connectivity index (χ3n) is 3.35. The second-order valence-corrected chi connectivity index (χ2v) is 4.94. The molecule has 112 valence electrons. The van der Waals surface area contributed by atoms with E-state index in [0.29, 0.717) is 11.5 Å². The number of carbonyl (C=O) groups is 3. The maximum atomic E-state index is 12.6. The Labute approximate surface area is 122 Å². The third-order valence-corrected chi connectivity index (χ3v) is 3.35. The molecule has 1 atom stereocenters. The van der Waals surface area contributed by atoms with E-state index in [-0.39, 0.29) is 30.7 Å². The lowest BCUT2D eigenvalue weighted by Crippen LogP contribution is -2.50. The number of nitrogens with zero attached hydrogens (tertiary/aromatic N) is 3. The number of carbonyl (C=O) groups excluding carboxylic acids is 3. The molecule has 0 aromatic carbocycles. The number of hydrogen-bond donors (Lipinski definition) is 1. The number of hydrogen-bond acceptors (Lipinski definition) is 5. The molecule has 0 saturated carbocycles. The summed E-state index contributed by atoms with van der Waals surface area (Å²) in [5.41, 5.74) is 0.477. The van der Waals surface area contributed by atoms with Crippen LogP contribution in [-0.2, 0) is 14.4 Å². The zero-order valence-corrected chi connectivity index (χ0v) is 12.3. The molecule has 21 heavy (non-hydrogen) atoms. The topological polar surface area (TPSA) is 82.6 Å². The molecular formula is C14H18N4O3. The molecule has 0 unspecified atom stereocenters. The first-order chi connectivity index (χ1) is 9.95. The Morgan fingerprint density at radius 2 is 2.14 bits per heavy atom. The summed E-state index contributed by atoms with van der Waals surface area (Å²) in [7, 11) is 1.65. The van der Waals surface area contributed by atoms with E-state index >= 15 is 0 Å². The average Bonchev–Trinajstić information content (AvgIpc) is 2.55. The lowest BCUT2D eigenvalue weighted by Gasteiger charge is -2.23. The molecule has 1 N–H and O–H groups in total. The van der Waals surface area contributed by atoms with Crippen LogP contribution >= 0.6 is 0 Å². The molecule has 0 spiro atoms. The minimum Gasteiger partial charge on any atom is -0.307 e. The molecule has 0 fully saturated rings. The highest BCUT2D eigenvalue weighted by atomic mass is 16.2. The summed E-state index contributed by atoms with van der Waals surface area (Å²) in [6.45, 7) is 2.99. The standard InChI is InChI=1S/C14H18N4O3/c1-9(19)7-18-12-5-4-6-16-13(12)17(10(2)20)8-11(15-3)14(18)21/h4-6,11,15H,7-8H2,1-3H3/t11-/m0/s1. The Balaban J connectivity index is 2.57. The predicted octanol–water partition coefficient (Wildman–Crippen LogP) is -0.0419. The van der Waals surface area contributed by atoms with Crippen LogP contribution in [-0.4, -0.2) is 48.8 Å². The number of amides is 2. The predicted molar refractivity (Wildman–Crippen MR) is 78.1 cm³/mol. The van der Waals surface area contributed by atoms with Gasteiger partial charge in [-0.3, -0.25) is 19.3 Å². The van der Waals surface area contributed by atoms with E-state index in [1.54, 1.807) is 25.4 Å². The fraction of sp³-hybridized carbons (Fsp3) is 0.429. The SMILES string of the molecule is CN[C@H]1CN(C(C)=O)c2ncccc2N(CC(C)=O)C1=O. The molecule has 1 aromatic rings. The number of Topliss-reactive ketones (excluding diaryl/α,β-unsaturated/α-hetero) is 1. The molecule has 0 saturated heterocycles. The molecule has 0 radical (unpaired) electrons. The highest BCUT2D eigenvalue weighted by Crippen LogP contribution is 2.30. The molecule has 1 aliphatic heterocycles. The summed E-state index contributed by atoms with van der Waals surface area (Å²) >= 11 is 0. The van der Waals surface area contributed by atoms with Gasteiger partial charge in [0.1, 0.15) is 11.8 Å². The molecule has 7 nitrogen and oxygen atoms in total. The van der Waals surface area contributed by atoms with Crippen LogP contribution < -0.4 is 15.1 Å². The van der Waals surface area contributed by atoms with Crippen molar-refractivity contribution in [1.29, 1.82) is 0 Å². The van der Waals surface area contributed by atoms with Gasteiger partial charge in [0.25, 0.3) is 0 Å². The van der Waals surface area contributed by atoms with Crippen LogP contribution in [0.5, 0.6) is 0 Å². The van der Waals surface area contributed by atoms with Crippen molar-refractivity contribution in [3.05, 3.63) is 18.3 Å². The molecule has 2 amide bonds. The minimum absolute atomic E-state index is 0.0402.